The van der Waals surface area contributed by atoms with Gasteiger partial charge in [0.25, 0.3) is 0 Å². The monoisotopic (exact) mass is 472 g/mol. The fraction of sp³-hybridized carbons (Fsp3) is 0.714. The summed E-state index contributed by atoms with van der Waals surface area (Å²) in [6.07, 6.45) is 2.63. The molecule has 1 aromatic carbocycles. The molecule has 2 saturated heterocycles. The summed E-state index contributed by atoms with van der Waals surface area (Å²) in [5.74, 6) is -2.08. The van der Waals surface area contributed by atoms with Gasteiger partial charge in [-0.3, -0.25) is 9.59 Å². The second kappa shape index (κ2) is 8.63. The molecule has 0 amide bonds. The normalized spacial score (nSPS) is 24.5. The predicted molar refractivity (Wildman–Crippen MR) is 135 cm³/mol. The minimum Gasteiger partial charge on any atom is -0.481 e. The van der Waals surface area contributed by atoms with E-state index in [0.717, 1.165) is 0 Å². The maximum atomic E-state index is 13.7. The number of rotatable bonds is 6. The highest BCUT2D eigenvalue weighted by atomic mass is 16.4. The molecule has 0 spiro atoms. The zero-order valence-electron chi connectivity index (χ0n) is 22.2. The summed E-state index contributed by atoms with van der Waals surface area (Å²) >= 11 is 0. The van der Waals surface area contributed by atoms with Crippen LogP contribution in [0.4, 0.5) is 0 Å². The van der Waals surface area contributed by atoms with Crippen molar-refractivity contribution in [2.45, 2.75) is 115 Å². The number of nitrogens with one attached hydrogen (secondary N) is 2. The van der Waals surface area contributed by atoms with Crippen LogP contribution in [0.1, 0.15) is 92.2 Å². The van der Waals surface area contributed by atoms with Crippen molar-refractivity contribution in [2.24, 2.45) is 11.8 Å². The molecule has 0 bridgehead atoms. The Morgan fingerprint density at radius 3 is 1.53 bits per heavy atom. The molecule has 2 aliphatic rings. The molecule has 0 radical (unpaired) electrons. The number of carbonyl (C=O) groups is 2. The maximum absolute atomic E-state index is 13.7. The van der Waals surface area contributed by atoms with Gasteiger partial charge in [-0.25, -0.2) is 0 Å². The molecule has 3 rings (SSSR count). The van der Waals surface area contributed by atoms with E-state index in [0.29, 0.717) is 36.8 Å². The lowest BCUT2D eigenvalue weighted by Crippen LogP contribution is -2.67. The molecule has 0 unspecified atom stereocenters. The summed E-state index contributed by atoms with van der Waals surface area (Å²) in [4.78, 5) is 25.5. The van der Waals surface area contributed by atoms with E-state index < -0.39 is 17.4 Å². The van der Waals surface area contributed by atoms with Gasteiger partial charge in [-0.05, 0) is 104 Å². The van der Waals surface area contributed by atoms with Crippen molar-refractivity contribution >= 4 is 11.9 Å². The van der Waals surface area contributed by atoms with E-state index >= 15 is 0 Å². The van der Waals surface area contributed by atoms with Gasteiger partial charge in [0, 0.05) is 22.2 Å². The maximum Gasteiger partial charge on any atom is 0.314 e. The summed E-state index contributed by atoms with van der Waals surface area (Å²) in [6, 6.07) is 7.38. The van der Waals surface area contributed by atoms with Crippen LogP contribution in [0.3, 0.4) is 0 Å². The van der Waals surface area contributed by atoms with Crippen LogP contribution in [0.2, 0.25) is 0 Å². The Morgan fingerprint density at radius 1 is 0.794 bits per heavy atom. The molecule has 0 aliphatic carbocycles. The summed E-state index contributed by atoms with van der Waals surface area (Å²) < 4.78 is 0. The van der Waals surface area contributed by atoms with Crippen LogP contribution < -0.4 is 10.6 Å². The molecular weight excluding hydrogens is 428 g/mol. The molecule has 2 heterocycles. The standard InChI is InChI=1S/C28H44N2O4/c1-24(2)14-19(15-25(3,4)29-24)28(23(33)34,20-16-26(5,6)30-27(7,8)17-20)21-12-10-9-11-18(21)13-22(31)32/h9-12,19-20,29-30H,13-17H2,1-8H3,(H,31,32)(H,33,34). The molecule has 2 aliphatic heterocycles. The van der Waals surface area contributed by atoms with Gasteiger partial charge in [0.15, 0.2) is 0 Å². The van der Waals surface area contributed by atoms with Crippen molar-refractivity contribution < 1.29 is 19.8 Å². The van der Waals surface area contributed by atoms with Crippen molar-refractivity contribution in [3.05, 3.63) is 35.4 Å². The van der Waals surface area contributed by atoms with E-state index in [-0.39, 0.29) is 40.4 Å². The first-order valence-corrected chi connectivity index (χ1v) is 12.5. The van der Waals surface area contributed by atoms with Gasteiger partial charge in [-0.15, -0.1) is 0 Å². The Balaban J connectivity index is 2.33. The highest BCUT2D eigenvalue weighted by molar-refractivity contribution is 5.84. The molecule has 190 valence electrons. The first-order valence-electron chi connectivity index (χ1n) is 12.5. The number of piperidine rings is 2. The molecule has 0 aromatic heterocycles. The van der Waals surface area contributed by atoms with Crippen LogP contribution >= 0.6 is 0 Å². The predicted octanol–water partition coefficient (Wildman–Crippen LogP) is 4.75. The molecule has 6 heteroatoms. The Hall–Kier alpha value is -1.92. The Labute approximate surface area is 204 Å². The van der Waals surface area contributed by atoms with Crippen molar-refractivity contribution in [1.82, 2.24) is 10.6 Å². The smallest absolute Gasteiger partial charge is 0.314 e. The van der Waals surface area contributed by atoms with Gasteiger partial charge < -0.3 is 20.8 Å². The van der Waals surface area contributed by atoms with Gasteiger partial charge in [0.2, 0.25) is 0 Å². The minimum atomic E-state index is -1.20. The second-order valence-electron chi connectivity index (χ2n) is 13.4. The van der Waals surface area contributed by atoms with Crippen molar-refractivity contribution in [2.75, 3.05) is 0 Å². The van der Waals surface area contributed by atoms with Crippen molar-refractivity contribution in [3.63, 3.8) is 0 Å². The quantitative estimate of drug-likeness (QED) is 0.477. The number of hydrogen-bond donors (Lipinski definition) is 4. The van der Waals surface area contributed by atoms with Crippen molar-refractivity contribution in [3.8, 4) is 0 Å². The molecule has 0 atom stereocenters. The van der Waals surface area contributed by atoms with Crippen molar-refractivity contribution in [1.29, 1.82) is 0 Å². The molecule has 2 fully saturated rings. The lowest BCUT2D eigenvalue weighted by atomic mass is 9.51. The van der Waals surface area contributed by atoms with E-state index in [1.807, 2.05) is 18.2 Å². The van der Waals surface area contributed by atoms with Crippen LogP contribution in [-0.4, -0.2) is 44.3 Å². The number of aliphatic carboxylic acids is 2. The first-order chi connectivity index (χ1) is 15.4. The Kier molecular flexibility index (Phi) is 6.77. The van der Waals surface area contributed by atoms with Gasteiger partial charge in [0.05, 0.1) is 11.8 Å². The summed E-state index contributed by atoms with van der Waals surface area (Å²) in [6.45, 7) is 17.2. The molecule has 34 heavy (non-hydrogen) atoms. The van der Waals surface area contributed by atoms with Gasteiger partial charge in [-0.1, -0.05) is 24.3 Å². The van der Waals surface area contributed by atoms with Crippen LogP contribution in [0.15, 0.2) is 24.3 Å². The van der Waals surface area contributed by atoms with Crippen LogP contribution in [0.5, 0.6) is 0 Å². The number of carboxylic acid groups (broad SMARTS) is 2. The first kappa shape index (κ1) is 26.7. The van der Waals surface area contributed by atoms with Crippen LogP contribution in [-0.2, 0) is 21.4 Å². The molecule has 1 aromatic rings. The zero-order chi connectivity index (χ0) is 25.7. The number of hydrogen-bond acceptors (Lipinski definition) is 4. The van der Waals surface area contributed by atoms with E-state index in [1.165, 1.54) is 0 Å². The number of carboxylic acids is 2. The van der Waals surface area contributed by atoms with E-state index in [1.54, 1.807) is 6.07 Å². The molecular formula is C28H44N2O4. The van der Waals surface area contributed by atoms with Gasteiger partial charge in [0.1, 0.15) is 0 Å². The Bertz CT molecular complexity index is 877. The average molecular weight is 473 g/mol. The largest absolute Gasteiger partial charge is 0.481 e. The lowest BCUT2D eigenvalue weighted by Gasteiger charge is -2.57. The summed E-state index contributed by atoms with van der Waals surface area (Å²) in [5.41, 5.74) is -0.874. The van der Waals surface area contributed by atoms with E-state index in [2.05, 4.69) is 66.0 Å². The summed E-state index contributed by atoms with van der Waals surface area (Å²) in [5, 5.41) is 28.3. The second-order valence-corrected chi connectivity index (χ2v) is 13.4. The highest BCUT2D eigenvalue weighted by Gasteiger charge is 2.60. The van der Waals surface area contributed by atoms with Gasteiger partial charge in [-0.2, -0.15) is 0 Å². The van der Waals surface area contributed by atoms with Crippen LogP contribution in [0, 0.1) is 11.8 Å². The lowest BCUT2D eigenvalue weighted by molar-refractivity contribution is -0.154. The van der Waals surface area contributed by atoms with E-state index in [4.69, 9.17) is 0 Å². The van der Waals surface area contributed by atoms with Crippen LogP contribution in [0.25, 0.3) is 0 Å². The SMILES string of the molecule is CC1(C)CC(C(C(=O)O)(c2ccccc2CC(=O)O)C2CC(C)(C)NC(C)(C)C2)CC(C)(C)N1. The minimum absolute atomic E-state index is 0.152. The third kappa shape index (κ3) is 5.33. The third-order valence-corrected chi connectivity index (χ3v) is 7.83. The van der Waals surface area contributed by atoms with E-state index in [9.17, 15) is 19.8 Å². The molecule has 0 saturated carbocycles. The third-order valence-electron chi connectivity index (χ3n) is 7.83. The van der Waals surface area contributed by atoms with Gasteiger partial charge >= 0.3 is 11.9 Å². The average Bonchev–Trinajstić information content (AvgIpc) is 2.57. The topological polar surface area (TPSA) is 98.7 Å². The fourth-order valence-electron chi connectivity index (χ4n) is 7.77. The summed E-state index contributed by atoms with van der Waals surface area (Å²) in [7, 11) is 0. The highest BCUT2D eigenvalue weighted by Crippen LogP contribution is 2.55. The zero-order valence-corrected chi connectivity index (χ0v) is 22.2. The fourth-order valence-corrected chi connectivity index (χ4v) is 7.77. The molecule has 6 nitrogen and oxygen atoms in total. The number of benzene rings is 1. The molecule has 4 N–H and O–H groups in total. The Morgan fingerprint density at radius 2 is 1.18 bits per heavy atom.